The Bertz CT molecular complexity index is 439. The number of hydrogen-bond donors (Lipinski definition) is 2. The van der Waals surface area contributed by atoms with Crippen LogP contribution in [0.5, 0.6) is 5.75 Å². The van der Waals surface area contributed by atoms with Gasteiger partial charge in [0.15, 0.2) is 0 Å². The van der Waals surface area contributed by atoms with Crippen LogP contribution in [0.2, 0.25) is 0 Å². The van der Waals surface area contributed by atoms with Gasteiger partial charge in [0.2, 0.25) is 5.91 Å². The van der Waals surface area contributed by atoms with Crippen molar-refractivity contribution in [3.8, 4) is 5.75 Å². The summed E-state index contributed by atoms with van der Waals surface area (Å²) in [6.45, 7) is 5.17. The van der Waals surface area contributed by atoms with Crippen LogP contribution in [0.3, 0.4) is 0 Å². The van der Waals surface area contributed by atoms with Crippen LogP contribution in [0.1, 0.15) is 26.3 Å². The van der Waals surface area contributed by atoms with Gasteiger partial charge in [-0.2, -0.15) is 0 Å². The Morgan fingerprint density at radius 1 is 1.26 bits per heavy atom. The highest BCUT2D eigenvalue weighted by atomic mass is 16.5. The number of amides is 1. The van der Waals surface area contributed by atoms with Crippen LogP contribution in [0.25, 0.3) is 0 Å². The van der Waals surface area contributed by atoms with E-state index in [1.54, 1.807) is 24.3 Å². The Balaban J connectivity index is 2.69. The molecule has 0 aliphatic rings. The average Bonchev–Trinajstić information content (AvgIpc) is 2.29. The molecule has 0 fully saturated rings. The molecule has 0 bridgehead atoms. The van der Waals surface area contributed by atoms with E-state index in [0.29, 0.717) is 0 Å². The first-order valence-corrected chi connectivity index (χ1v) is 6.14. The highest BCUT2D eigenvalue weighted by Crippen LogP contribution is 2.15. The fourth-order valence-corrected chi connectivity index (χ4v) is 1.66. The van der Waals surface area contributed by atoms with Crippen molar-refractivity contribution < 1.29 is 19.4 Å². The normalized spacial score (nSPS) is 12.0. The SMILES string of the molecule is CC(=O)NC(Cc1ccc(OC(C)C)cc1)C(=O)O. The molecule has 1 atom stereocenters. The van der Waals surface area contributed by atoms with Crippen molar-refractivity contribution in [1.82, 2.24) is 5.32 Å². The topological polar surface area (TPSA) is 75.6 Å². The summed E-state index contributed by atoms with van der Waals surface area (Å²) in [5.41, 5.74) is 0.831. The van der Waals surface area contributed by atoms with Gasteiger partial charge in [0, 0.05) is 13.3 Å². The number of aliphatic carboxylic acids is 1. The van der Waals surface area contributed by atoms with E-state index in [0.717, 1.165) is 11.3 Å². The summed E-state index contributed by atoms with van der Waals surface area (Å²) in [5, 5.41) is 11.4. The molecule has 0 heterocycles. The van der Waals surface area contributed by atoms with Gasteiger partial charge in [-0.15, -0.1) is 0 Å². The van der Waals surface area contributed by atoms with E-state index in [9.17, 15) is 9.59 Å². The number of rotatable bonds is 6. The van der Waals surface area contributed by atoms with E-state index in [4.69, 9.17) is 9.84 Å². The second-order valence-electron chi connectivity index (χ2n) is 4.61. The second kappa shape index (κ2) is 6.78. The van der Waals surface area contributed by atoms with E-state index in [2.05, 4.69) is 5.32 Å². The number of carboxylic acids is 1. The first kappa shape index (κ1) is 15.0. The third-order valence-electron chi connectivity index (χ3n) is 2.41. The highest BCUT2D eigenvalue weighted by Gasteiger charge is 2.18. The maximum Gasteiger partial charge on any atom is 0.326 e. The Hall–Kier alpha value is -2.04. The number of ether oxygens (including phenoxy) is 1. The second-order valence-corrected chi connectivity index (χ2v) is 4.61. The standard InChI is InChI=1S/C14H19NO4/c1-9(2)19-12-6-4-11(5-7-12)8-13(14(17)18)15-10(3)16/h4-7,9,13H,8H2,1-3H3,(H,15,16)(H,17,18). The van der Waals surface area contributed by atoms with Gasteiger partial charge in [0.05, 0.1) is 6.10 Å². The highest BCUT2D eigenvalue weighted by molar-refractivity contribution is 5.82. The number of carboxylic acid groups (broad SMARTS) is 1. The fourth-order valence-electron chi connectivity index (χ4n) is 1.66. The minimum absolute atomic E-state index is 0.0944. The molecule has 5 heteroatoms. The zero-order valence-corrected chi connectivity index (χ0v) is 11.3. The number of benzene rings is 1. The van der Waals surface area contributed by atoms with Crippen molar-refractivity contribution in [2.45, 2.75) is 39.3 Å². The van der Waals surface area contributed by atoms with E-state index in [1.165, 1.54) is 6.92 Å². The van der Waals surface area contributed by atoms with Gasteiger partial charge in [0.1, 0.15) is 11.8 Å². The Kier molecular flexibility index (Phi) is 5.36. The number of carbonyl (C=O) groups excluding carboxylic acids is 1. The monoisotopic (exact) mass is 265 g/mol. The van der Waals surface area contributed by atoms with Crippen molar-refractivity contribution in [2.75, 3.05) is 0 Å². The summed E-state index contributed by atoms with van der Waals surface area (Å²) in [6, 6.07) is 6.28. The van der Waals surface area contributed by atoms with Crippen molar-refractivity contribution in [3.05, 3.63) is 29.8 Å². The summed E-state index contributed by atoms with van der Waals surface area (Å²) >= 11 is 0. The lowest BCUT2D eigenvalue weighted by Gasteiger charge is -2.14. The third kappa shape index (κ3) is 5.42. The molecule has 0 spiro atoms. The first-order chi connectivity index (χ1) is 8.88. The van der Waals surface area contributed by atoms with Crippen LogP contribution in [0.15, 0.2) is 24.3 Å². The molecular formula is C14H19NO4. The molecule has 1 amide bonds. The summed E-state index contributed by atoms with van der Waals surface area (Å²) in [5.74, 6) is -0.657. The van der Waals surface area contributed by atoms with Gasteiger partial charge in [-0.1, -0.05) is 12.1 Å². The van der Waals surface area contributed by atoms with Gasteiger partial charge >= 0.3 is 5.97 Å². The van der Waals surface area contributed by atoms with Crippen LogP contribution in [0, 0.1) is 0 Å². The minimum atomic E-state index is -1.04. The van der Waals surface area contributed by atoms with Crippen LogP contribution in [-0.2, 0) is 16.0 Å². The number of nitrogens with one attached hydrogen (secondary N) is 1. The lowest BCUT2D eigenvalue weighted by atomic mass is 10.1. The Morgan fingerprint density at radius 2 is 1.84 bits per heavy atom. The zero-order chi connectivity index (χ0) is 14.4. The molecule has 1 rings (SSSR count). The molecule has 0 aliphatic carbocycles. The maximum atomic E-state index is 11.0. The molecule has 1 aromatic carbocycles. The van der Waals surface area contributed by atoms with Crippen molar-refractivity contribution in [1.29, 1.82) is 0 Å². The Morgan fingerprint density at radius 3 is 2.26 bits per heavy atom. The van der Waals surface area contributed by atoms with Gasteiger partial charge in [0.25, 0.3) is 0 Å². The molecular weight excluding hydrogens is 246 g/mol. The molecule has 1 unspecified atom stereocenters. The first-order valence-electron chi connectivity index (χ1n) is 6.14. The molecule has 1 aromatic rings. The predicted octanol–water partition coefficient (Wildman–Crippen LogP) is 1.61. The van der Waals surface area contributed by atoms with Crippen LogP contribution in [-0.4, -0.2) is 29.1 Å². The molecule has 5 nitrogen and oxygen atoms in total. The van der Waals surface area contributed by atoms with E-state index < -0.39 is 12.0 Å². The van der Waals surface area contributed by atoms with Gasteiger partial charge in [-0.05, 0) is 31.5 Å². The largest absolute Gasteiger partial charge is 0.491 e. The van der Waals surface area contributed by atoms with E-state index in [1.807, 2.05) is 13.8 Å². The zero-order valence-electron chi connectivity index (χ0n) is 11.3. The Labute approximate surface area is 112 Å². The van der Waals surface area contributed by atoms with Crippen molar-refractivity contribution >= 4 is 11.9 Å². The van der Waals surface area contributed by atoms with Gasteiger partial charge in [-0.25, -0.2) is 4.79 Å². The maximum absolute atomic E-state index is 11.0. The third-order valence-corrected chi connectivity index (χ3v) is 2.41. The molecule has 0 saturated heterocycles. The van der Waals surface area contributed by atoms with Crippen molar-refractivity contribution in [2.24, 2.45) is 0 Å². The minimum Gasteiger partial charge on any atom is -0.491 e. The summed E-state index contributed by atoms with van der Waals surface area (Å²) in [4.78, 5) is 21.9. The molecule has 104 valence electrons. The molecule has 0 radical (unpaired) electrons. The van der Waals surface area contributed by atoms with Crippen LogP contribution >= 0.6 is 0 Å². The summed E-state index contributed by atoms with van der Waals surface area (Å²) in [6.07, 6.45) is 0.341. The van der Waals surface area contributed by atoms with E-state index in [-0.39, 0.29) is 18.4 Å². The molecule has 19 heavy (non-hydrogen) atoms. The number of carbonyl (C=O) groups is 2. The molecule has 0 aliphatic heterocycles. The summed E-state index contributed by atoms with van der Waals surface area (Å²) in [7, 11) is 0. The quantitative estimate of drug-likeness (QED) is 0.819. The van der Waals surface area contributed by atoms with Gasteiger partial charge in [-0.3, -0.25) is 4.79 Å². The molecule has 2 N–H and O–H groups in total. The van der Waals surface area contributed by atoms with E-state index >= 15 is 0 Å². The molecule has 0 aromatic heterocycles. The average molecular weight is 265 g/mol. The smallest absolute Gasteiger partial charge is 0.326 e. The van der Waals surface area contributed by atoms with Crippen molar-refractivity contribution in [3.63, 3.8) is 0 Å². The fraction of sp³-hybridized carbons (Fsp3) is 0.429. The lowest BCUT2D eigenvalue weighted by molar-refractivity contribution is -0.141. The molecule has 0 saturated carbocycles. The number of hydrogen-bond acceptors (Lipinski definition) is 3. The predicted molar refractivity (Wildman–Crippen MR) is 71.2 cm³/mol. The lowest BCUT2D eigenvalue weighted by Crippen LogP contribution is -2.41. The van der Waals surface area contributed by atoms with Gasteiger partial charge < -0.3 is 15.2 Å². The van der Waals surface area contributed by atoms with Crippen LogP contribution in [0.4, 0.5) is 0 Å². The summed E-state index contributed by atoms with van der Waals surface area (Å²) < 4.78 is 5.50. The van der Waals surface area contributed by atoms with Crippen LogP contribution < -0.4 is 10.1 Å².